The number of furan rings is 1. The molecule has 57 heavy (non-hydrogen) atoms. The molecule has 9 aromatic carbocycles. The first-order valence-corrected chi connectivity index (χ1v) is 21.5. The Labute approximate surface area is 334 Å². The molecule has 1 heterocycles. The summed E-state index contributed by atoms with van der Waals surface area (Å²) in [5, 5.41) is 7.78. The summed E-state index contributed by atoms with van der Waals surface area (Å²) in [6.45, 7) is 0. The van der Waals surface area contributed by atoms with Crippen LogP contribution < -0.4 is 25.6 Å². The monoisotopic (exact) mass is 745 g/mol. The SMILES string of the molecule is c1ccc(N(c2ccc(-c3ccc([Si](c4ccccc4)(c4ccccc4)c4ccccc4)cc3)cc2)c2ccc(-c3ccc4c(c3)oc3ccccc34)cc2)cc1. The highest BCUT2D eigenvalue weighted by Crippen LogP contribution is 2.37. The van der Waals surface area contributed by atoms with E-state index in [9.17, 15) is 0 Å². The van der Waals surface area contributed by atoms with E-state index in [2.05, 4.69) is 229 Å². The molecule has 2 nitrogen and oxygen atoms in total. The molecule has 0 radical (unpaired) electrons. The Kier molecular flexibility index (Phi) is 8.90. The lowest BCUT2D eigenvalue weighted by Gasteiger charge is -2.34. The Balaban J connectivity index is 0.982. The van der Waals surface area contributed by atoms with Crippen molar-refractivity contribution in [3.63, 3.8) is 0 Å². The zero-order valence-corrected chi connectivity index (χ0v) is 32.4. The van der Waals surface area contributed by atoms with E-state index in [1.54, 1.807) is 0 Å². The first-order chi connectivity index (χ1) is 28.3. The van der Waals surface area contributed by atoms with Crippen LogP contribution in [0, 0.1) is 0 Å². The van der Waals surface area contributed by atoms with Gasteiger partial charge in [0, 0.05) is 27.8 Å². The third kappa shape index (κ3) is 6.25. The van der Waals surface area contributed by atoms with Crippen LogP contribution in [-0.4, -0.2) is 8.07 Å². The van der Waals surface area contributed by atoms with Crippen LogP contribution in [0.25, 0.3) is 44.2 Å². The molecule has 0 spiro atoms. The summed E-state index contributed by atoms with van der Waals surface area (Å²) in [6, 6.07) is 85.7. The number of fused-ring (bicyclic) bond motifs is 3. The van der Waals surface area contributed by atoms with Gasteiger partial charge in [-0.25, -0.2) is 0 Å². The molecule has 0 aliphatic rings. The lowest BCUT2D eigenvalue weighted by Crippen LogP contribution is -2.74. The fraction of sp³-hybridized carbons (Fsp3) is 0. The van der Waals surface area contributed by atoms with Crippen LogP contribution in [-0.2, 0) is 0 Å². The van der Waals surface area contributed by atoms with Crippen molar-refractivity contribution in [1.82, 2.24) is 0 Å². The second-order valence-corrected chi connectivity index (χ2v) is 18.3. The first-order valence-electron chi connectivity index (χ1n) is 19.5. The maximum absolute atomic E-state index is 6.20. The predicted molar refractivity (Wildman–Crippen MR) is 243 cm³/mol. The van der Waals surface area contributed by atoms with Crippen LogP contribution in [0.1, 0.15) is 0 Å². The Hall–Kier alpha value is -7.20. The highest BCUT2D eigenvalue weighted by Gasteiger charge is 2.41. The molecule has 0 aliphatic carbocycles. The zero-order chi connectivity index (χ0) is 38.0. The summed E-state index contributed by atoms with van der Waals surface area (Å²) < 4.78 is 6.20. The molecule has 0 saturated heterocycles. The molecular formula is C54H39NOSi. The number of nitrogens with zero attached hydrogens (tertiary/aromatic N) is 1. The number of rotatable bonds is 9. The van der Waals surface area contributed by atoms with Crippen molar-refractivity contribution < 1.29 is 4.42 Å². The molecule has 0 atom stereocenters. The second kappa shape index (κ2) is 14.8. The fourth-order valence-electron chi connectivity index (χ4n) is 8.51. The van der Waals surface area contributed by atoms with Gasteiger partial charge in [0.05, 0.1) is 0 Å². The highest BCUT2D eigenvalue weighted by atomic mass is 28.3. The number of anilines is 3. The Bertz CT molecular complexity index is 2810. The molecule has 1 aromatic heterocycles. The molecule has 10 rings (SSSR count). The van der Waals surface area contributed by atoms with Gasteiger partial charge in [-0.1, -0.05) is 182 Å². The van der Waals surface area contributed by atoms with Crippen molar-refractivity contribution >= 4 is 67.8 Å². The molecule has 0 fully saturated rings. The predicted octanol–water partition coefficient (Wildman–Crippen LogP) is 11.8. The van der Waals surface area contributed by atoms with Gasteiger partial charge in [-0.3, -0.25) is 0 Å². The van der Waals surface area contributed by atoms with Gasteiger partial charge in [0.2, 0.25) is 0 Å². The minimum atomic E-state index is -2.58. The topological polar surface area (TPSA) is 16.4 Å². The zero-order valence-electron chi connectivity index (χ0n) is 31.4. The summed E-state index contributed by atoms with van der Waals surface area (Å²) in [4.78, 5) is 2.32. The normalized spacial score (nSPS) is 11.5. The van der Waals surface area contributed by atoms with Crippen LogP contribution in [0.4, 0.5) is 17.1 Å². The molecule has 0 amide bonds. The fourth-order valence-corrected chi connectivity index (χ4v) is 13.3. The average Bonchev–Trinajstić information content (AvgIpc) is 3.67. The molecule has 0 unspecified atom stereocenters. The van der Waals surface area contributed by atoms with Gasteiger partial charge in [-0.05, 0) is 97.6 Å². The van der Waals surface area contributed by atoms with E-state index in [1.807, 2.05) is 12.1 Å². The van der Waals surface area contributed by atoms with E-state index in [0.717, 1.165) is 50.1 Å². The maximum atomic E-state index is 6.20. The number of hydrogen-bond acceptors (Lipinski definition) is 2. The maximum Gasteiger partial charge on any atom is 0.179 e. The van der Waals surface area contributed by atoms with Crippen LogP contribution in [0.2, 0.25) is 0 Å². The molecule has 0 N–H and O–H groups in total. The standard InChI is InChI=1S/C54H39NOSi/c1-5-15-44(16-6-1)55(46-34-27-42(28-35-46)43-31-38-52-51-23-13-14-24-53(51)56-54(52)39-43)45-32-25-40(26-33-45)41-29-36-50(37-30-41)57(47-17-7-2-8-18-47,48-19-9-3-10-20-48)49-21-11-4-12-22-49/h1-39H. The van der Waals surface area contributed by atoms with E-state index in [4.69, 9.17) is 4.42 Å². The van der Waals surface area contributed by atoms with Crippen molar-refractivity contribution in [3.8, 4) is 22.3 Å². The molecule has 0 saturated carbocycles. The van der Waals surface area contributed by atoms with Crippen LogP contribution >= 0.6 is 0 Å². The number of benzene rings is 9. The van der Waals surface area contributed by atoms with Crippen molar-refractivity contribution in [1.29, 1.82) is 0 Å². The van der Waals surface area contributed by atoms with Crippen molar-refractivity contribution in [2.45, 2.75) is 0 Å². The third-order valence-corrected chi connectivity index (χ3v) is 16.0. The van der Waals surface area contributed by atoms with E-state index in [1.165, 1.54) is 31.9 Å². The Morgan fingerprint density at radius 2 is 0.649 bits per heavy atom. The molecule has 3 heteroatoms. The van der Waals surface area contributed by atoms with Crippen molar-refractivity contribution in [2.75, 3.05) is 4.90 Å². The van der Waals surface area contributed by atoms with E-state index in [-0.39, 0.29) is 0 Å². The van der Waals surface area contributed by atoms with Gasteiger partial charge >= 0.3 is 0 Å². The van der Waals surface area contributed by atoms with Gasteiger partial charge in [0.25, 0.3) is 0 Å². The highest BCUT2D eigenvalue weighted by molar-refractivity contribution is 7.19. The summed E-state index contributed by atoms with van der Waals surface area (Å²) in [5.41, 5.74) is 9.77. The lowest BCUT2D eigenvalue weighted by molar-refractivity contribution is 0.669. The molecule has 270 valence electrons. The van der Waals surface area contributed by atoms with Gasteiger partial charge in [0.15, 0.2) is 8.07 Å². The first kappa shape index (κ1) is 34.3. The van der Waals surface area contributed by atoms with Crippen LogP contribution in [0.15, 0.2) is 241 Å². The van der Waals surface area contributed by atoms with E-state index < -0.39 is 8.07 Å². The number of hydrogen-bond donors (Lipinski definition) is 0. The molecule has 10 aromatic rings. The lowest BCUT2D eigenvalue weighted by atomic mass is 10.0. The summed E-state index contributed by atoms with van der Waals surface area (Å²) in [5.74, 6) is 0. The summed E-state index contributed by atoms with van der Waals surface area (Å²) in [7, 11) is -2.58. The number of para-hydroxylation sites is 2. The smallest absolute Gasteiger partial charge is 0.179 e. The summed E-state index contributed by atoms with van der Waals surface area (Å²) >= 11 is 0. The minimum Gasteiger partial charge on any atom is -0.456 e. The van der Waals surface area contributed by atoms with Gasteiger partial charge in [-0.2, -0.15) is 0 Å². The Morgan fingerprint density at radius 3 is 1.18 bits per heavy atom. The van der Waals surface area contributed by atoms with Crippen molar-refractivity contribution in [3.05, 3.63) is 237 Å². The van der Waals surface area contributed by atoms with Crippen LogP contribution in [0.3, 0.4) is 0 Å². The molecular weight excluding hydrogens is 707 g/mol. The average molecular weight is 746 g/mol. The second-order valence-electron chi connectivity index (χ2n) is 14.5. The van der Waals surface area contributed by atoms with E-state index in [0.29, 0.717) is 0 Å². The minimum absolute atomic E-state index is 0.906. The van der Waals surface area contributed by atoms with Gasteiger partial charge < -0.3 is 9.32 Å². The third-order valence-electron chi connectivity index (χ3n) is 11.2. The van der Waals surface area contributed by atoms with E-state index >= 15 is 0 Å². The van der Waals surface area contributed by atoms with Crippen LogP contribution in [0.5, 0.6) is 0 Å². The van der Waals surface area contributed by atoms with Gasteiger partial charge in [-0.15, -0.1) is 0 Å². The Morgan fingerprint density at radius 1 is 0.281 bits per heavy atom. The van der Waals surface area contributed by atoms with Crippen molar-refractivity contribution in [2.24, 2.45) is 0 Å². The molecule has 0 bridgehead atoms. The molecule has 0 aliphatic heterocycles. The van der Waals surface area contributed by atoms with Gasteiger partial charge in [0.1, 0.15) is 11.2 Å². The largest absolute Gasteiger partial charge is 0.456 e. The quantitative estimate of drug-likeness (QED) is 0.108. The summed E-state index contributed by atoms with van der Waals surface area (Å²) in [6.07, 6.45) is 0.